The van der Waals surface area contributed by atoms with Gasteiger partial charge in [-0.15, -0.1) is 0 Å². The lowest BCUT2D eigenvalue weighted by Crippen LogP contribution is -2.15. The third-order valence-electron chi connectivity index (χ3n) is 3.05. The summed E-state index contributed by atoms with van der Waals surface area (Å²) < 4.78 is 0. The van der Waals surface area contributed by atoms with Gasteiger partial charge in [0.2, 0.25) is 0 Å². The Hall–Kier alpha value is -1.87. The number of rotatable bonds is 3. The minimum atomic E-state index is 0.499. The van der Waals surface area contributed by atoms with E-state index < -0.39 is 0 Å². The average molecular weight is 241 g/mol. The second-order valence-corrected chi connectivity index (χ2v) is 4.53. The van der Waals surface area contributed by atoms with Gasteiger partial charge in [0.25, 0.3) is 0 Å². The Labute approximate surface area is 108 Å². The van der Waals surface area contributed by atoms with E-state index >= 15 is 0 Å². The fraction of sp³-hybridized carbons (Fsp3) is 0.267. The summed E-state index contributed by atoms with van der Waals surface area (Å²) in [5, 5.41) is 0. The van der Waals surface area contributed by atoms with Gasteiger partial charge in [-0.2, -0.15) is 0 Å². The molecule has 0 aliphatic carbocycles. The minimum Gasteiger partial charge on any atom is -0.329 e. The number of anilines is 2. The molecule has 0 saturated carbocycles. The monoisotopic (exact) mass is 241 g/mol. The Balaban J connectivity index is 2.41. The third-order valence-corrected chi connectivity index (χ3v) is 3.05. The van der Waals surface area contributed by atoms with Crippen LogP contribution in [0, 0.1) is 13.8 Å². The molecule has 2 N–H and O–H groups in total. The maximum absolute atomic E-state index is 5.77. The molecule has 18 heavy (non-hydrogen) atoms. The highest BCUT2D eigenvalue weighted by atomic mass is 15.2. The van der Waals surface area contributed by atoms with Crippen LogP contribution in [0.25, 0.3) is 0 Å². The van der Waals surface area contributed by atoms with Crippen molar-refractivity contribution in [2.75, 3.05) is 11.9 Å². The second-order valence-electron chi connectivity index (χ2n) is 4.53. The fourth-order valence-electron chi connectivity index (χ4n) is 1.91. The number of benzene rings is 1. The molecule has 0 fully saturated rings. The zero-order valence-electron chi connectivity index (χ0n) is 11.1. The molecule has 1 aromatic heterocycles. The molecule has 0 aliphatic heterocycles. The summed E-state index contributed by atoms with van der Waals surface area (Å²) in [4.78, 5) is 6.67. The highest BCUT2D eigenvalue weighted by molar-refractivity contribution is 5.62. The Morgan fingerprint density at radius 3 is 2.33 bits per heavy atom. The zero-order chi connectivity index (χ0) is 13.1. The van der Waals surface area contributed by atoms with Crippen molar-refractivity contribution in [3.63, 3.8) is 0 Å². The molecule has 2 aromatic rings. The highest BCUT2D eigenvalue weighted by Crippen LogP contribution is 2.25. The zero-order valence-corrected chi connectivity index (χ0v) is 11.1. The number of aromatic nitrogens is 1. The first-order valence-electron chi connectivity index (χ1n) is 6.09. The van der Waals surface area contributed by atoms with Gasteiger partial charge in [0, 0.05) is 30.5 Å². The lowest BCUT2D eigenvalue weighted by Gasteiger charge is -2.21. The van der Waals surface area contributed by atoms with Crippen molar-refractivity contribution in [3.8, 4) is 0 Å². The van der Waals surface area contributed by atoms with E-state index in [1.807, 2.05) is 26.1 Å². The Bertz CT molecular complexity index is 532. The van der Waals surface area contributed by atoms with Gasteiger partial charge in [0.05, 0.1) is 0 Å². The van der Waals surface area contributed by atoms with Crippen LogP contribution in [0.3, 0.4) is 0 Å². The summed E-state index contributed by atoms with van der Waals surface area (Å²) in [6.07, 6.45) is 0. The number of hydrogen-bond acceptors (Lipinski definition) is 3. The van der Waals surface area contributed by atoms with E-state index in [0.29, 0.717) is 6.54 Å². The number of aryl methyl sites for hydroxylation is 2. The summed E-state index contributed by atoms with van der Waals surface area (Å²) >= 11 is 0. The molecule has 3 nitrogen and oxygen atoms in total. The molecular formula is C15H19N3. The predicted octanol–water partition coefficient (Wildman–Crippen LogP) is 2.93. The molecule has 0 radical (unpaired) electrons. The van der Waals surface area contributed by atoms with Crippen molar-refractivity contribution < 1.29 is 0 Å². The van der Waals surface area contributed by atoms with Crippen LogP contribution < -0.4 is 10.6 Å². The smallest absolute Gasteiger partial charge is 0.137 e. The Kier molecular flexibility index (Phi) is 3.63. The van der Waals surface area contributed by atoms with Gasteiger partial charge >= 0.3 is 0 Å². The van der Waals surface area contributed by atoms with Gasteiger partial charge in [-0.25, -0.2) is 4.98 Å². The molecular weight excluding hydrogens is 222 g/mol. The quantitative estimate of drug-likeness (QED) is 0.898. The van der Waals surface area contributed by atoms with Gasteiger partial charge in [-0.1, -0.05) is 23.8 Å². The van der Waals surface area contributed by atoms with Crippen LogP contribution in [0.15, 0.2) is 36.4 Å². The first-order valence-corrected chi connectivity index (χ1v) is 6.09. The van der Waals surface area contributed by atoms with E-state index in [1.165, 1.54) is 5.56 Å². The molecule has 0 unspecified atom stereocenters. The van der Waals surface area contributed by atoms with Gasteiger partial charge < -0.3 is 10.6 Å². The SMILES string of the molecule is Cc1ccc(N(C)c2nc(C)ccc2CN)cc1. The number of nitrogens with zero attached hydrogens (tertiary/aromatic N) is 2. The predicted molar refractivity (Wildman–Crippen MR) is 76.1 cm³/mol. The number of nitrogens with two attached hydrogens (primary N) is 1. The van der Waals surface area contributed by atoms with Crippen LogP contribution in [-0.2, 0) is 6.54 Å². The summed E-state index contributed by atoms with van der Waals surface area (Å²) in [5.41, 5.74) is 10.2. The van der Waals surface area contributed by atoms with Crippen LogP contribution >= 0.6 is 0 Å². The minimum absolute atomic E-state index is 0.499. The lowest BCUT2D eigenvalue weighted by atomic mass is 10.2. The molecule has 2 rings (SSSR count). The first-order chi connectivity index (χ1) is 8.61. The van der Waals surface area contributed by atoms with Crippen molar-refractivity contribution in [1.29, 1.82) is 0 Å². The van der Waals surface area contributed by atoms with Crippen LogP contribution in [-0.4, -0.2) is 12.0 Å². The van der Waals surface area contributed by atoms with Crippen molar-refractivity contribution in [3.05, 3.63) is 53.2 Å². The van der Waals surface area contributed by atoms with E-state index in [1.54, 1.807) is 0 Å². The molecule has 0 amide bonds. The maximum atomic E-state index is 5.77. The normalized spacial score (nSPS) is 10.4. The molecule has 0 spiro atoms. The highest BCUT2D eigenvalue weighted by Gasteiger charge is 2.10. The summed E-state index contributed by atoms with van der Waals surface area (Å²) in [6.45, 7) is 4.58. The van der Waals surface area contributed by atoms with Gasteiger partial charge in [0.15, 0.2) is 0 Å². The average Bonchev–Trinajstić information content (AvgIpc) is 2.39. The Morgan fingerprint density at radius 1 is 1.06 bits per heavy atom. The van der Waals surface area contributed by atoms with Gasteiger partial charge in [0.1, 0.15) is 5.82 Å². The fourth-order valence-corrected chi connectivity index (χ4v) is 1.91. The van der Waals surface area contributed by atoms with Crippen molar-refractivity contribution in [1.82, 2.24) is 4.98 Å². The summed E-state index contributed by atoms with van der Waals surface area (Å²) in [5.74, 6) is 0.932. The molecule has 3 heteroatoms. The first kappa shape index (κ1) is 12.6. The van der Waals surface area contributed by atoms with E-state index in [2.05, 4.69) is 41.1 Å². The molecule has 0 saturated heterocycles. The largest absolute Gasteiger partial charge is 0.329 e. The van der Waals surface area contributed by atoms with Crippen molar-refractivity contribution in [2.45, 2.75) is 20.4 Å². The molecule has 1 aromatic carbocycles. The van der Waals surface area contributed by atoms with Crippen molar-refractivity contribution in [2.24, 2.45) is 5.73 Å². The van der Waals surface area contributed by atoms with Crippen LogP contribution in [0.1, 0.15) is 16.8 Å². The Morgan fingerprint density at radius 2 is 1.72 bits per heavy atom. The van der Waals surface area contributed by atoms with Crippen LogP contribution in [0.5, 0.6) is 0 Å². The number of pyridine rings is 1. The second kappa shape index (κ2) is 5.19. The molecule has 94 valence electrons. The lowest BCUT2D eigenvalue weighted by molar-refractivity contribution is 0.995. The van der Waals surface area contributed by atoms with Gasteiger partial charge in [-0.3, -0.25) is 0 Å². The van der Waals surface area contributed by atoms with E-state index in [0.717, 1.165) is 22.8 Å². The standard InChI is InChI=1S/C15H19N3/c1-11-4-8-14(9-5-11)18(3)15-13(10-16)7-6-12(2)17-15/h4-9H,10,16H2,1-3H3. The van der Waals surface area contributed by atoms with Crippen molar-refractivity contribution >= 4 is 11.5 Å². The molecule has 1 heterocycles. The van der Waals surface area contributed by atoms with Gasteiger partial charge in [-0.05, 0) is 32.0 Å². The number of hydrogen-bond donors (Lipinski definition) is 1. The molecule has 0 bridgehead atoms. The van der Waals surface area contributed by atoms with E-state index in [-0.39, 0.29) is 0 Å². The topological polar surface area (TPSA) is 42.2 Å². The van der Waals surface area contributed by atoms with Crippen LogP contribution in [0.2, 0.25) is 0 Å². The molecule has 0 aliphatic rings. The maximum Gasteiger partial charge on any atom is 0.137 e. The van der Waals surface area contributed by atoms with E-state index in [4.69, 9.17) is 5.73 Å². The molecule has 0 atom stereocenters. The third kappa shape index (κ3) is 2.51. The summed E-state index contributed by atoms with van der Waals surface area (Å²) in [6, 6.07) is 12.4. The summed E-state index contributed by atoms with van der Waals surface area (Å²) in [7, 11) is 2.02. The van der Waals surface area contributed by atoms with E-state index in [9.17, 15) is 0 Å². The van der Waals surface area contributed by atoms with Crippen LogP contribution in [0.4, 0.5) is 11.5 Å².